The third kappa shape index (κ3) is 4.63. The molecule has 2 heterocycles. The van der Waals surface area contributed by atoms with Crippen molar-refractivity contribution in [1.29, 1.82) is 0 Å². The van der Waals surface area contributed by atoms with Crippen molar-refractivity contribution in [3.8, 4) is 5.75 Å². The zero-order valence-electron chi connectivity index (χ0n) is 17.8. The topological polar surface area (TPSA) is 69.9 Å². The minimum Gasteiger partial charge on any atom is -0.463 e. The number of halogens is 2. The van der Waals surface area contributed by atoms with Gasteiger partial charge in [0.2, 0.25) is 0 Å². The van der Waals surface area contributed by atoms with E-state index in [9.17, 15) is 18.4 Å². The standard InChI is InChI=1S/C24H20F2N2O4S/c1-3-31-22(30)19-14(2)27-24-28(20(19)16-7-5-4-6-8-16)21(29)18(33-24)13-15-9-11-17(12-10-15)32-23(25)26/h4-13,20,23H,3H2,1-2H3/b18-13+. The smallest absolute Gasteiger partial charge is 0.387 e. The Morgan fingerprint density at radius 3 is 2.52 bits per heavy atom. The van der Waals surface area contributed by atoms with E-state index in [0.29, 0.717) is 26.2 Å². The molecule has 6 nitrogen and oxygen atoms in total. The van der Waals surface area contributed by atoms with Gasteiger partial charge in [0.1, 0.15) is 5.75 Å². The number of carbonyl (C=O) groups excluding carboxylic acids is 1. The third-order valence-electron chi connectivity index (χ3n) is 5.04. The molecule has 0 N–H and O–H groups in total. The van der Waals surface area contributed by atoms with Gasteiger partial charge in [-0.05, 0) is 43.2 Å². The number of esters is 1. The van der Waals surface area contributed by atoms with Crippen molar-refractivity contribution < 1.29 is 23.0 Å². The number of rotatable bonds is 6. The molecular formula is C24H20F2N2O4S. The fraction of sp³-hybridized carbons (Fsp3) is 0.208. The molecule has 170 valence electrons. The van der Waals surface area contributed by atoms with Gasteiger partial charge >= 0.3 is 12.6 Å². The van der Waals surface area contributed by atoms with Gasteiger partial charge in [0, 0.05) is 0 Å². The van der Waals surface area contributed by atoms with E-state index in [4.69, 9.17) is 4.74 Å². The lowest BCUT2D eigenvalue weighted by Gasteiger charge is -2.24. The van der Waals surface area contributed by atoms with Crippen molar-refractivity contribution in [2.45, 2.75) is 26.5 Å². The van der Waals surface area contributed by atoms with Gasteiger partial charge in [-0.3, -0.25) is 9.36 Å². The molecule has 4 rings (SSSR count). The fourth-order valence-corrected chi connectivity index (χ4v) is 4.69. The molecule has 3 aromatic rings. The summed E-state index contributed by atoms with van der Waals surface area (Å²) < 4.78 is 36.3. The highest BCUT2D eigenvalue weighted by atomic mass is 32.1. The van der Waals surface area contributed by atoms with Crippen molar-refractivity contribution in [1.82, 2.24) is 4.57 Å². The molecule has 0 radical (unpaired) electrons. The molecule has 1 aromatic heterocycles. The van der Waals surface area contributed by atoms with E-state index in [1.807, 2.05) is 30.3 Å². The Balaban J connectivity index is 1.84. The molecule has 0 saturated heterocycles. The van der Waals surface area contributed by atoms with E-state index in [0.717, 1.165) is 5.56 Å². The highest BCUT2D eigenvalue weighted by molar-refractivity contribution is 7.07. The second-order valence-corrected chi connectivity index (χ2v) is 8.17. The first-order chi connectivity index (χ1) is 15.9. The van der Waals surface area contributed by atoms with Gasteiger partial charge in [-0.2, -0.15) is 8.78 Å². The normalized spacial score (nSPS) is 15.9. The summed E-state index contributed by atoms with van der Waals surface area (Å²) in [6.45, 7) is 0.737. The van der Waals surface area contributed by atoms with Crippen LogP contribution in [0.4, 0.5) is 8.78 Å². The number of thiazole rings is 1. The molecule has 0 bridgehead atoms. The summed E-state index contributed by atoms with van der Waals surface area (Å²) in [4.78, 5) is 31.2. The van der Waals surface area contributed by atoms with Crippen LogP contribution in [0.25, 0.3) is 6.08 Å². The molecule has 33 heavy (non-hydrogen) atoms. The molecule has 0 saturated carbocycles. The van der Waals surface area contributed by atoms with Crippen LogP contribution in [0, 0.1) is 0 Å². The van der Waals surface area contributed by atoms with Crippen LogP contribution in [0.3, 0.4) is 0 Å². The molecule has 1 aliphatic rings. The van der Waals surface area contributed by atoms with Crippen LogP contribution in [0.5, 0.6) is 5.75 Å². The first kappa shape index (κ1) is 22.6. The molecule has 1 atom stereocenters. The Hall–Kier alpha value is -3.59. The zero-order chi connectivity index (χ0) is 23.5. The number of ether oxygens (including phenoxy) is 2. The van der Waals surface area contributed by atoms with E-state index in [2.05, 4.69) is 9.73 Å². The molecule has 9 heteroatoms. The Kier molecular flexibility index (Phi) is 6.50. The average Bonchev–Trinajstić information content (AvgIpc) is 3.09. The summed E-state index contributed by atoms with van der Waals surface area (Å²) in [7, 11) is 0. The SMILES string of the molecule is CCOC(=O)C1=C(C)N=c2s/c(=C/c3ccc(OC(F)F)cc3)c(=O)n2C1c1ccccc1. The maximum atomic E-state index is 13.4. The van der Waals surface area contributed by atoms with Crippen LogP contribution in [-0.2, 0) is 9.53 Å². The van der Waals surface area contributed by atoms with Crippen LogP contribution in [0.15, 0.2) is 75.7 Å². The molecule has 0 aliphatic carbocycles. The summed E-state index contributed by atoms with van der Waals surface area (Å²) in [5.74, 6) is -0.487. The van der Waals surface area contributed by atoms with E-state index in [-0.39, 0.29) is 17.9 Å². The zero-order valence-corrected chi connectivity index (χ0v) is 18.6. The van der Waals surface area contributed by atoms with Crippen molar-refractivity contribution in [3.05, 3.63) is 96.7 Å². The van der Waals surface area contributed by atoms with Crippen LogP contribution in [0.1, 0.15) is 31.0 Å². The van der Waals surface area contributed by atoms with Crippen molar-refractivity contribution in [2.24, 2.45) is 4.99 Å². The number of hydrogen-bond acceptors (Lipinski definition) is 6. The number of nitrogens with zero attached hydrogens (tertiary/aromatic N) is 2. The number of allylic oxidation sites excluding steroid dienone is 1. The van der Waals surface area contributed by atoms with Gasteiger partial charge in [0.25, 0.3) is 5.56 Å². The first-order valence-electron chi connectivity index (χ1n) is 10.2. The third-order valence-corrected chi connectivity index (χ3v) is 6.02. The van der Waals surface area contributed by atoms with Gasteiger partial charge in [0.15, 0.2) is 4.80 Å². The Morgan fingerprint density at radius 2 is 1.88 bits per heavy atom. The lowest BCUT2D eigenvalue weighted by molar-refractivity contribution is -0.139. The van der Waals surface area contributed by atoms with Gasteiger partial charge in [-0.25, -0.2) is 9.79 Å². The molecule has 0 fully saturated rings. The summed E-state index contributed by atoms with van der Waals surface area (Å²) in [5.41, 5.74) is 1.89. The number of fused-ring (bicyclic) bond motifs is 1. The number of aromatic nitrogens is 1. The van der Waals surface area contributed by atoms with Crippen LogP contribution in [0.2, 0.25) is 0 Å². The largest absolute Gasteiger partial charge is 0.463 e. The first-order valence-corrected chi connectivity index (χ1v) is 11.0. The minimum atomic E-state index is -2.91. The summed E-state index contributed by atoms with van der Waals surface area (Å²) in [6.07, 6.45) is 1.65. The minimum absolute atomic E-state index is 0.0300. The molecule has 2 aromatic carbocycles. The lowest BCUT2D eigenvalue weighted by Crippen LogP contribution is -2.39. The van der Waals surface area contributed by atoms with Crippen LogP contribution in [-0.4, -0.2) is 23.8 Å². The molecule has 1 aliphatic heterocycles. The summed E-state index contributed by atoms with van der Waals surface area (Å²) >= 11 is 1.19. The van der Waals surface area contributed by atoms with Gasteiger partial charge < -0.3 is 9.47 Å². The fourth-order valence-electron chi connectivity index (χ4n) is 3.64. The highest BCUT2D eigenvalue weighted by Crippen LogP contribution is 2.30. The van der Waals surface area contributed by atoms with Crippen molar-refractivity contribution in [3.63, 3.8) is 0 Å². The summed E-state index contributed by atoms with van der Waals surface area (Å²) in [6, 6.07) is 14.5. The molecule has 0 amide bonds. The Labute approximate surface area is 191 Å². The number of benzene rings is 2. The van der Waals surface area contributed by atoms with E-state index in [1.165, 1.54) is 28.0 Å². The molecular weight excluding hydrogens is 450 g/mol. The lowest BCUT2D eigenvalue weighted by atomic mass is 9.96. The Morgan fingerprint density at radius 1 is 1.18 bits per heavy atom. The average molecular weight is 470 g/mol. The van der Waals surface area contributed by atoms with Crippen LogP contribution < -0.4 is 19.6 Å². The predicted molar refractivity (Wildman–Crippen MR) is 120 cm³/mol. The second-order valence-electron chi connectivity index (χ2n) is 7.16. The van der Waals surface area contributed by atoms with Gasteiger partial charge in [-0.15, -0.1) is 0 Å². The molecule has 0 spiro atoms. The maximum absolute atomic E-state index is 13.4. The maximum Gasteiger partial charge on any atom is 0.387 e. The van der Waals surface area contributed by atoms with E-state index < -0.39 is 18.6 Å². The quantitative estimate of drug-likeness (QED) is 0.518. The van der Waals surface area contributed by atoms with Gasteiger partial charge in [0.05, 0.1) is 28.5 Å². The van der Waals surface area contributed by atoms with Crippen molar-refractivity contribution in [2.75, 3.05) is 6.61 Å². The van der Waals surface area contributed by atoms with Crippen LogP contribution >= 0.6 is 11.3 Å². The molecule has 1 unspecified atom stereocenters. The number of hydrogen-bond donors (Lipinski definition) is 0. The monoisotopic (exact) mass is 470 g/mol. The predicted octanol–water partition coefficient (Wildman–Crippen LogP) is 3.40. The van der Waals surface area contributed by atoms with Crippen molar-refractivity contribution >= 4 is 23.4 Å². The Bertz CT molecular complexity index is 1380. The highest BCUT2D eigenvalue weighted by Gasteiger charge is 2.33. The van der Waals surface area contributed by atoms with E-state index in [1.54, 1.807) is 32.1 Å². The second kappa shape index (κ2) is 9.50. The van der Waals surface area contributed by atoms with E-state index >= 15 is 0 Å². The summed E-state index contributed by atoms with van der Waals surface area (Å²) in [5, 5.41) is 0. The van der Waals surface area contributed by atoms with Gasteiger partial charge in [-0.1, -0.05) is 53.8 Å². The number of alkyl halides is 2. The number of carbonyl (C=O) groups is 1.